The first-order valence-corrected chi connectivity index (χ1v) is 6.91. The van der Waals surface area contributed by atoms with Gasteiger partial charge >= 0.3 is 0 Å². The van der Waals surface area contributed by atoms with E-state index in [0.29, 0.717) is 0 Å². The van der Waals surface area contributed by atoms with E-state index >= 15 is 0 Å². The summed E-state index contributed by atoms with van der Waals surface area (Å²) in [7, 11) is -0.632. The van der Waals surface area contributed by atoms with Gasteiger partial charge in [-0.2, -0.15) is 0 Å². The van der Waals surface area contributed by atoms with Crippen LogP contribution in [0.2, 0.25) is 0 Å². The Kier molecular flexibility index (Phi) is 3.62. The smallest absolute Gasteiger partial charge is 0.148 e. The van der Waals surface area contributed by atoms with Gasteiger partial charge in [-0.3, -0.25) is 9.11 Å². The summed E-state index contributed by atoms with van der Waals surface area (Å²) >= 11 is 1.25. The third-order valence-corrected chi connectivity index (χ3v) is 4.31. The number of nitrogen functional groups attached to an aromatic ring is 1. The summed E-state index contributed by atoms with van der Waals surface area (Å²) in [5, 5.41) is 4.82. The molecule has 0 aromatic carbocycles. The van der Waals surface area contributed by atoms with Crippen molar-refractivity contribution in [3.05, 3.63) is 5.69 Å². The lowest BCUT2D eigenvalue weighted by atomic mass is 10.4. The Morgan fingerprint density at radius 3 is 2.93 bits per heavy atom. The predicted molar refractivity (Wildman–Crippen MR) is 60.9 cm³/mol. The topological polar surface area (TPSA) is 84.1 Å². The lowest BCUT2D eigenvalue weighted by Gasteiger charge is -2.25. The number of anilines is 1. The second-order valence-corrected chi connectivity index (χ2v) is 5.77. The molecule has 1 aliphatic rings. The number of hydrogen-bond acceptors (Lipinski definition) is 7. The number of hydrogen-bond donors (Lipinski definition) is 2. The minimum Gasteiger partial charge on any atom is -0.313 e. The van der Waals surface area contributed by atoms with E-state index in [4.69, 9.17) is 5.84 Å². The maximum Gasteiger partial charge on any atom is 0.148 e. The average Bonchev–Trinajstić information content (AvgIpc) is 2.69. The lowest BCUT2D eigenvalue weighted by molar-refractivity contribution is 0.288. The van der Waals surface area contributed by atoms with Crippen molar-refractivity contribution in [1.29, 1.82) is 0 Å². The molecule has 1 fully saturated rings. The van der Waals surface area contributed by atoms with E-state index in [1.54, 1.807) is 0 Å². The van der Waals surface area contributed by atoms with E-state index in [9.17, 15) is 4.21 Å². The summed E-state index contributed by atoms with van der Waals surface area (Å²) in [6.07, 6.45) is 0. The van der Waals surface area contributed by atoms with E-state index in [2.05, 4.69) is 19.9 Å². The molecule has 2 rings (SSSR count). The first-order valence-electron chi connectivity index (χ1n) is 4.65. The molecule has 8 heteroatoms. The molecule has 1 saturated heterocycles. The number of aromatic nitrogens is 2. The fourth-order valence-corrected chi connectivity index (χ4v) is 3.08. The van der Waals surface area contributed by atoms with Crippen LogP contribution in [0, 0.1) is 0 Å². The third-order valence-electron chi connectivity index (χ3n) is 2.33. The Labute approximate surface area is 94.4 Å². The van der Waals surface area contributed by atoms with Gasteiger partial charge in [0.1, 0.15) is 10.7 Å². The summed E-state index contributed by atoms with van der Waals surface area (Å²) in [5.74, 6) is 6.84. The first kappa shape index (κ1) is 10.9. The molecule has 1 aromatic rings. The first-order chi connectivity index (χ1) is 7.29. The summed E-state index contributed by atoms with van der Waals surface area (Å²) < 4.78 is 15.0. The summed E-state index contributed by atoms with van der Waals surface area (Å²) in [6.45, 7) is 2.44. The Hall–Kier alpha value is -0.570. The van der Waals surface area contributed by atoms with Crippen molar-refractivity contribution in [3.63, 3.8) is 0 Å². The van der Waals surface area contributed by atoms with E-state index < -0.39 is 10.8 Å². The lowest BCUT2D eigenvalue weighted by Crippen LogP contribution is -2.37. The van der Waals surface area contributed by atoms with Crippen molar-refractivity contribution < 1.29 is 4.21 Å². The molecule has 0 radical (unpaired) electrons. The molecule has 6 nitrogen and oxygen atoms in total. The molecule has 84 valence electrons. The highest BCUT2D eigenvalue weighted by molar-refractivity contribution is 7.85. The molecule has 15 heavy (non-hydrogen) atoms. The fourth-order valence-electron chi connectivity index (χ4n) is 1.47. The van der Waals surface area contributed by atoms with Gasteiger partial charge in [-0.1, -0.05) is 4.49 Å². The van der Waals surface area contributed by atoms with Crippen LogP contribution in [0.5, 0.6) is 0 Å². The van der Waals surface area contributed by atoms with Gasteiger partial charge in [0.2, 0.25) is 0 Å². The van der Waals surface area contributed by atoms with Crippen LogP contribution < -0.4 is 11.3 Å². The summed E-state index contributed by atoms with van der Waals surface area (Å²) in [5.41, 5.74) is 3.45. The van der Waals surface area contributed by atoms with Crippen molar-refractivity contribution in [2.75, 3.05) is 30.0 Å². The van der Waals surface area contributed by atoms with Gasteiger partial charge in [-0.15, -0.1) is 5.10 Å². The predicted octanol–water partition coefficient (Wildman–Crippen LogP) is -0.612. The zero-order valence-corrected chi connectivity index (χ0v) is 9.81. The van der Waals surface area contributed by atoms with Crippen molar-refractivity contribution >= 4 is 27.3 Å². The highest BCUT2D eigenvalue weighted by atomic mass is 32.2. The Bertz CT molecular complexity index is 345. The van der Waals surface area contributed by atoms with E-state index in [1.165, 1.54) is 11.5 Å². The second kappa shape index (κ2) is 4.97. The molecule has 0 spiro atoms. The average molecular weight is 247 g/mol. The monoisotopic (exact) mass is 247 g/mol. The Balaban J connectivity index is 1.94. The molecule has 3 N–H and O–H groups in total. The molecule has 0 atom stereocenters. The molecule has 0 unspecified atom stereocenters. The van der Waals surface area contributed by atoms with Crippen molar-refractivity contribution in [3.8, 4) is 0 Å². The fraction of sp³-hybridized carbons (Fsp3) is 0.714. The molecule has 0 amide bonds. The van der Waals surface area contributed by atoms with Crippen molar-refractivity contribution in [1.82, 2.24) is 14.5 Å². The third kappa shape index (κ3) is 2.71. The van der Waals surface area contributed by atoms with Gasteiger partial charge in [-0.25, -0.2) is 5.84 Å². The minimum absolute atomic E-state index is 0.632. The van der Waals surface area contributed by atoms with E-state index in [0.717, 1.165) is 41.8 Å². The molecule has 1 aliphatic heterocycles. The van der Waals surface area contributed by atoms with Gasteiger partial charge in [0.25, 0.3) is 0 Å². The standard InChI is InChI=1S/C7H13N5OS2/c8-9-7-6(10-11-14-7)5-12-1-3-15(13)4-2-12/h9H,1-5,8H2. The second-order valence-electron chi connectivity index (χ2n) is 3.32. The number of nitrogens with one attached hydrogen (secondary N) is 1. The minimum atomic E-state index is -0.632. The number of rotatable bonds is 3. The zero-order chi connectivity index (χ0) is 10.7. The Morgan fingerprint density at radius 2 is 2.27 bits per heavy atom. The largest absolute Gasteiger partial charge is 0.313 e. The van der Waals surface area contributed by atoms with Gasteiger partial charge in [-0.05, 0) is 0 Å². The molecule has 0 saturated carbocycles. The van der Waals surface area contributed by atoms with Crippen LogP contribution in [0.3, 0.4) is 0 Å². The van der Waals surface area contributed by atoms with Gasteiger partial charge in [0.05, 0.1) is 0 Å². The van der Waals surface area contributed by atoms with Crippen LogP contribution in [0.4, 0.5) is 5.00 Å². The van der Waals surface area contributed by atoms with Crippen molar-refractivity contribution in [2.24, 2.45) is 5.84 Å². The van der Waals surface area contributed by atoms with Gasteiger partial charge < -0.3 is 5.43 Å². The summed E-state index contributed by atoms with van der Waals surface area (Å²) in [4.78, 5) is 2.22. The maximum absolute atomic E-state index is 11.2. The molecule has 2 heterocycles. The molecular weight excluding hydrogens is 234 g/mol. The normalized spacial score (nSPS) is 19.3. The molecule has 1 aromatic heterocycles. The number of nitrogens with two attached hydrogens (primary N) is 1. The van der Waals surface area contributed by atoms with Crippen LogP contribution in [0.1, 0.15) is 5.69 Å². The highest BCUT2D eigenvalue weighted by Gasteiger charge is 2.17. The van der Waals surface area contributed by atoms with Crippen LogP contribution in [-0.2, 0) is 17.3 Å². The molecule has 0 aliphatic carbocycles. The van der Waals surface area contributed by atoms with Crippen molar-refractivity contribution in [2.45, 2.75) is 6.54 Å². The molecular formula is C7H13N5OS2. The SMILES string of the molecule is NNc1snnc1CN1CCS(=O)CC1. The van der Waals surface area contributed by atoms with Crippen LogP contribution >= 0.6 is 11.5 Å². The number of nitrogens with zero attached hydrogens (tertiary/aromatic N) is 3. The highest BCUT2D eigenvalue weighted by Crippen LogP contribution is 2.18. The van der Waals surface area contributed by atoms with Crippen LogP contribution in [0.25, 0.3) is 0 Å². The zero-order valence-electron chi connectivity index (χ0n) is 8.18. The molecule has 0 bridgehead atoms. The van der Waals surface area contributed by atoms with E-state index in [1.807, 2.05) is 0 Å². The Morgan fingerprint density at radius 1 is 1.53 bits per heavy atom. The van der Waals surface area contributed by atoms with E-state index in [-0.39, 0.29) is 0 Å². The number of hydrazine groups is 1. The summed E-state index contributed by atoms with van der Waals surface area (Å²) in [6, 6.07) is 0. The van der Waals surface area contributed by atoms with Crippen LogP contribution in [-0.4, -0.2) is 43.3 Å². The van der Waals surface area contributed by atoms with Gasteiger partial charge in [0, 0.05) is 53.5 Å². The maximum atomic E-state index is 11.2. The quantitative estimate of drug-likeness (QED) is 0.547. The van der Waals surface area contributed by atoms with Crippen LogP contribution in [0.15, 0.2) is 0 Å². The van der Waals surface area contributed by atoms with Gasteiger partial charge in [0.15, 0.2) is 0 Å².